The molecular weight excluding hydrogens is 224 g/mol. The van der Waals surface area contributed by atoms with Crippen molar-refractivity contribution in [2.45, 2.75) is 26.3 Å². The Balaban J connectivity index is 2.26. The minimum atomic E-state index is 0.136. The number of nitrogens with two attached hydrogens (primary N) is 1. The minimum Gasteiger partial charge on any atom is -0.345 e. The lowest BCUT2D eigenvalue weighted by atomic mass is 9.83. The van der Waals surface area contributed by atoms with Crippen LogP contribution in [0.3, 0.4) is 0 Å². The zero-order chi connectivity index (χ0) is 13.2. The monoisotopic (exact) mass is 246 g/mol. The van der Waals surface area contributed by atoms with E-state index in [0.29, 0.717) is 12.6 Å². The topological polar surface area (TPSA) is 66.7 Å². The van der Waals surface area contributed by atoms with Crippen LogP contribution in [0.4, 0.5) is 0 Å². The van der Waals surface area contributed by atoms with E-state index in [9.17, 15) is 0 Å². The third-order valence-corrected chi connectivity index (χ3v) is 3.50. The van der Waals surface area contributed by atoms with Crippen molar-refractivity contribution in [3.63, 3.8) is 0 Å². The maximum Gasteiger partial charge on any atom is 0.0931 e. The molecule has 1 heterocycles. The van der Waals surface area contributed by atoms with Gasteiger partial charge in [-0.2, -0.15) is 0 Å². The average Bonchev–Trinajstić information content (AvgIpc) is 2.83. The molecule has 98 valence electrons. The zero-order valence-electron chi connectivity index (χ0n) is 11.3. The molecule has 0 aliphatic carbocycles. The summed E-state index contributed by atoms with van der Waals surface area (Å²) in [6, 6.07) is 6.67. The first-order valence-electron chi connectivity index (χ1n) is 6.36. The average molecular weight is 246 g/mol. The highest BCUT2D eigenvalue weighted by Gasteiger charge is 2.22. The highest BCUT2D eigenvalue weighted by atomic mass is 14.9. The lowest BCUT2D eigenvalue weighted by Crippen LogP contribution is -2.30. The van der Waals surface area contributed by atoms with Crippen molar-refractivity contribution in [3.8, 4) is 0 Å². The summed E-state index contributed by atoms with van der Waals surface area (Å²) in [5, 5.41) is 3.38. The predicted octanol–water partition coefficient (Wildman–Crippen LogP) is 2.20. The molecule has 4 heteroatoms. The molecule has 0 aliphatic heterocycles. The van der Waals surface area contributed by atoms with Crippen molar-refractivity contribution in [2.24, 2.45) is 11.1 Å². The Bertz CT molecular complexity index is 515. The molecule has 4 N–H and O–H groups in total. The summed E-state index contributed by atoms with van der Waals surface area (Å²) in [4.78, 5) is 7.39. The quantitative estimate of drug-likeness (QED) is 0.757. The first-order chi connectivity index (χ1) is 8.55. The van der Waals surface area contributed by atoms with Gasteiger partial charge in [0.1, 0.15) is 0 Å². The lowest BCUT2D eigenvalue weighted by Gasteiger charge is -2.28. The Hall–Kier alpha value is -1.39. The van der Waals surface area contributed by atoms with Crippen molar-refractivity contribution < 1.29 is 0 Å². The van der Waals surface area contributed by atoms with Crippen LogP contribution in [0.5, 0.6) is 0 Å². The van der Waals surface area contributed by atoms with Gasteiger partial charge in [-0.05, 0) is 43.1 Å². The van der Waals surface area contributed by atoms with Crippen molar-refractivity contribution in [1.82, 2.24) is 15.3 Å². The van der Waals surface area contributed by atoms with Crippen LogP contribution in [0.1, 0.15) is 31.9 Å². The fourth-order valence-electron chi connectivity index (χ4n) is 2.19. The van der Waals surface area contributed by atoms with Gasteiger partial charge in [0.2, 0.25) is 0 Å². The summed E-state index contributed by atoms with van der Waals surface area (Å²) in [5.74, 6) is 0. The third-order valence-electron chi connectivity index (χ3n) is 3.50. The first-order valence-corrected chi connectivity index (χ1v) is 6.36. The predicted molar refractivity (Wildman–Crippen MR) is 75.3 cm³/mol. The molecule has 2 rings (SSSR count). The highest BCUT2D eigenvalue weighted by molar-refractivity contribution is 5.75. The van der Waals surface area contributed by atoms with Gasteiger partial charge >= 0.3 is 0 Å². The molecule has 1 atom stereocenters. The number of aromatic nitrogens is 2. The van der Waals surface area contributed by atoms with Crippen LogP contribution >= 0.6 is 0 Å². The summed E-state index contributed by atoms with van der Waals surface area (Å²) >= 11 is 0. The van der Waals surface area contributed by atoms with Crippen LogP contribution in [0, 0.1) is 5.41 Å². The Morgan fingerprint density at radius 1 is 1.44 bits per heavy atom. The number of nitrogens with one attached hydrogen (secondary N) is 2. The molecule has 1 aromatic carbocycles. The molecule has 0 bridgehead atoms. The second kappa shape index (κ2) is 5.08. The van der Waals surface area contributed by atoms with Gasteiger partial charge in [-0.25, -0.2) is 4.98 Å². The molecule has 4 nitrogen and oxygen atoms in total. The maximum atomic E-state index is 5.82. The Morgan fingerprint density at radius 2 is 2.22 bits per heavy atom. The van der Waals surface area contributed by atoms with Gasteiger partial charge in [0.05, 0.1) is 17.4 Å². The van der Waals surface area contributed by atoms with Crippen molar-refractivity contribution in [1.29, 1.82) is 0 Å². The molecule has 0 saturated carbocycles. The molecule has 0 radical (unpaired) electrons. The largest absolute Gasteiger partial charge is 0.345 e. The van der Waals surface area contributed by atoms with E-state index in [1.54, 1.807) is 6.33 Å². The number of hydrogen-bond acceptors (Lipinski definition) is 3. The van der Waals surface area contributed by atoms with Crippen LogP contribution in [0.2, 0.25) is 0 Å². The second-order valence-electron chi connectivity index (χ2n) is 5.59. The van der Waals surface area contributed by atoms with E-state index < -0.39 is 0 Å². The van der Waals surface area contributed by atoms with E-state index in [4.69, 9.17) is 5.73 Å². The van der Waals surface area contributed by atoms with Gasteiger partial charge in [-0.3, -0.25) is 0 Å². The summed E-state index contributed by atoms with van der Waals surface area (Å²) in [6.07, 6.45) is 2.74. The van der Waals surface area contributed by atoms with Gasteiger partial charge in [0.25, 0.3) is 0 Å². The fourth-order valence-corrected chi connectivity index (χ4v) is 2.19. The van der Waals surface area contributed by atoms with Gasteiger partial charge in [-0.1, -0.05) is 19.9 Å². The molecular formula is C14H22N4. The van der Waals surface area contributed by atoms with Crippen molar-refractivity contribution in [3.05, 3.63) is 30.1 Å². The van der Waals surface area contributed by atoms with Gasteiger partial charge in [-0.15, -0.1) is 0 Å². The standard InChI is InChI=1S/C14H22N4/c1-14(2,8-15)7-13(16-3)10-4-5-11-12(6-10)18-9-17-11/h4-6,9,13,16H,7-8,15H2,1-3H3,(H,17,18). The Kier molecular flexibility index (Phi) is 3.68. The molecule has 0 aliphatic rings. The van der Waals surface area contributed by atoms with Crippen LogP contribution in [-0.4, -0.2) is 23.6 Å². The van der Waals surface area contributed by atoms with Gasteiger partial charge < -0.3 is 16.0 Å². The molecule has 0 amide bonds. The molecule has 18 heavy (non-hydrogen) atoms. The summed E-state index contributed by atoms with van der Waals surface area (Å²) in [6.45, 7) is 5.09. The smallest absolute Gasteiger partial charge is 0.0931 e. The van der Waals surface area contributed by atoms with Gasteiger partial charge in [0, 0.05) is 6.04 Å². The summed E-state index contributed by atoms with van der Waals surface area (Å²) < 4.78 is 0. The molecule has 1 unspecified atom stereocenters. The van der Waals surface area contributed by atoms with E-state index in [1.807, 2.05) is 7.05 Å². The van der Waals surface area contributed by atoms with E-state index in [0.717, 1.165) is 17.5 Å². The van der Waals surface area contributed by atoms with Crippen molar-refractivity contribution >= 4 is 11.0 Å². The van der Waals surface area contributed by atoms with Crippen molar-refractivity contribution in [2.75, 3.05) is 13.6 Å². The number of benzene rings is 1. The number of H-pyrrole nitrogens is 1. The summed E-state index contributed by atoms with van der Waals surface area (Å²) in [7, 11) is 1.99. The maximum absolute atomic E-state index is 5.82. The van der Waals surface area contributed by atoms with Crippen LogP contribution in [0.15, 0.2) is 24.5 Å². The second-order valence-corrected chi connectivity index (χ2v) is 5.59. The van der Waals surface area contributed by atoms with E-state index in [1.165, 1.54) is 5.56 Å². The number of hydrogen-bond donors (Lipinski definition) is 3. The minimum absolute atomic E-state index is 0.136. The van der Waals surface area contributed by atoms with E-state index in [2.05, 4.69) is 47.3 Å². The third kappa shape index (κ3) is 2.71. The lowest BCUT2D eigenvalue weighted by molar-refractivity contribution is 0.299. The van der Waals surface area contributed by atoms with Crippen LogP contribution in [0.25, 0.3) is 11.0 Å². The van der Waals surface area contributed by atoms with Gasteiger partial charge in [0.15, 0.2) is 0 Å². The number of imidazole rings is 1. The van der Waals surface area contributed by atoms with Crippen LogP contribution in [-0.2, 0) is 0 Å². The number of rotatable bonds is 5. The molecule has 0 fully saturated rings. The summed E-state index contributed by atoms with van der Waals surface area (Å²) in [5.41, 5.74) is 9.31. The molecule has 1 aromatic heterocycles. The zero-order valence-corrected chi connectivity index (χ0v) is 11.3. The molecule has 0 spiro atoms. The normalized spacial score (nSPS) is 14.0. The molecule has 2 aromatic rings. The Labute approximate surface area is 108 Å². The fraction of sp³-hybridized carbons (Fsp3) is 0.500. The van der Waals surface area contributed by atoms with E-state index >= 15 is 0 Å². The first kappa shape index (κ1) is 13.1. The van der Waals surface area contributed by atoms with E-state index in [-0.39, 0.29) is 5.41 Å². The Morgan fingerprint density at radius 3 is 2.89 bits per heavy atom. The highest BCUT2D eigenvalue weighted by Crippen LogP contribution is 2.29. The number of aromatic amines is 1. The van der Waals surface area contributed by atoms with Crippen LogP contribution < -0.4 is 11.1 Å². The number of fused-ring (bicyclic) bond motifs is 1. The number of nitrogens with zero attached hydrogens (tertiary/aromatic N) is 1. The SMILES string of the molecule is CNC(CC(C)(C)CN)c1ccc2nc[nH]c2c1. The molecule has 0 saturated heterocycles.